The number of pyridine rings is 2. The van der Waals surface area contributed by atoms with Crippen LogP contribution in [0, 0.1) is 0 Å². The summed E-state index contributed by atoms with van der Waals surface area (Å²) in [5.41, 5.74) is 2.50. The van der Waals surface area contributed by atoms with Crippen LogP contribution in [0.3, 0.4) is 0 Å². The van der Waals surface area contributed by atoms with E-state index in [9.17, 15) is 4.79 Å². The molecule has 1 aliphatic rings. The summed E-state index contributed by atoms with van der Waals surface area (Å²) in [5, 5.41) is 1.07. The Morgan fingerprint density at radius 2 is 1.82 bits per heavy atom. The summed E-state index contributed by atoms with van der Waals surface area (Å²) in [6.45, 7) is 4.39. The van der Waals surface area contributed by atoms with Crippen molar-refractivity contribution < 1.29 is 4.79 Å². The molecule has 0 aliphatic carbocycles. The van der Waals surface area contributed by atoms with Crippen LogP contribution in [0.4, 0.5) is 5.82 Å². The summed E-state index contributed by atoms with van der Waals surface area (Å²) in [6, 6.07) is 15.7. The molecule has 1 aliphatic heterocycles. The highest BCUT2D eigenvalue weighted by Gasteiger charge is 2.19. The van der Waals surface area contributed by atoms with Crippen LogP contribution in [-0.4, -0.2) is 65.9 Å². The number of carbonyl (C=O) groups is 1. The Labute approximate surface area is 165 Å². The highest BCUT2D eigenvalue weighted by atomic mass is 16.2. The molecule has 0 unspecified atom stereocenters. The first kappa shape index (κ1) is 18.4. The Hall–Kier alpha value is -2.99. The second kappa shape index (κ2) is 7.94. The quantitative estimate of drug-likeness (QED) is 0.702. The molecule has 0 atom stereocenters. The summed E-state index contributed by atoms with van der Waals surface area (Å²) in [4.78, 5) is 28.3. The second-order valence-electron chi connectivity index (χ2n) is 7.32. The topological polar surface area (TPSA) is 52.6 Å². The van der Waals surface area contributed by atoms with Gasteiger partial charge in [-0.1, -0.05) is 24.3 Å². The lowest BCUT2D eigenvalue weighted by Gasteiger charge is -2.33. The van der Waals surface area contributed by atoms with Crippen molar-refractivity contribution in [3.8, 4) is 0 Å². The standard InChI is InChI=1S/C22H25N5O/c1-25-12-14-27(15-13-25)21-10-4-9-20(24-21)22(28)26(2)16-17-6-3-8-19-18(17)7-5-11-23-19/h3-11H,12-16H2,1-2H3. The van der Waals surface area contributed by atoms with Gasteiger partial charge in [0.15, 0.2) is 0 Å². The van der Waals surface area contributed by atoms with Gasteiger partial charge in [-0.05, 0) is 36.9 Å². The van der Waals surface area contributed by atoms with Gasteiger partial charge in [-0.15, -0.1) is 0 Å². The number of amides is 1. The minimum Gasteiger partial charge on any atom is -0.354 e. The maximum Gasteiger partial charge on any atom is 0.272 e. The van der Waals surface area contributed by atoms with E-state index in [2.05, 4.69) is 26.8 Å². The lowest BCUT2D eigenvalue weighted by Crippen LogP contribution is -2.45. The van der Waals surface area contributed by atoms with Crippen LogP contribution >= 0.6 is 0 Å². The number of hydrogen-bond acceptors (Lipinski definition) is 5. The lowest BCUT2D eigenvalue weighted by atomic mass is 10.1. The third-order valence-corrected chi connectivity index (χ3v) is 5.27. The summed E-state index contributed by atoms with van der Waals surface area (Å²) >= 11 is 0. The van der Waals surface area contributed by atoms with Crippen LogP contribution in [0.25, 0.3) is 10.9 Å². The van der Waals surface area contributed by atoms with Gasteiger partial charge in [0.1, 0.15) is 11.5 Å². The zero-order valence-electron chi connectivity index (χ0n) is 16.4. The highest BCUT2D eigenvalue weighted by molar-refractivity contribution is 5.93. The van der Waals surface area contributed by atoms with Crippen LogP contribution in [0.2, 0.25) is 0 Å². The Morgan fingerprint density at radius 1 is 1.04 bits per heavy atom. The van der Waals surface area contributed by atoms with Crippen LogP contribution in [-0.2, 0) is 6.54 Å². The van der Waals surface area contributed by atoms with E-state index in [1.165, 1.54) is 0 Å². The number of carbonyl (C=O) groups excluding carboxylic acids is 1. The first-order valence-electron chi connectivity index (χ1n) is 9.60. The van der Waals surface area contributed by atoms with E-state index in [0.29, 0.717) is 12.2 Å². The van der Waals surface area contributed by atoms with Gasteiger partial charge < -0.3 is 14.7 Å². The number of benzene rings is 1. The van der Waals surface area contributed by atoms with Gasteiger partial charge in [0, 0.05) is 51.4 Å². The van der Waals surface area contributed by atoms with Gasteiger partial charge in [0.25, 0.3) is 5.91 Å². The number of aromatic nitrogens is 2. The molecule has 6 nitrogen and oxygen atoms in total. The first-order chi connectivity index (χ1) is 13.6. The number of piperazine rings is 1. The summed E-state index contributed by atoms with van der Waals surface area (Å²) in [6.07, 6.45) is 1.79. The van der Waals surface area contributed by atoms with E-state index in [4.69, 9.17) is 0 Å². The fraction of sp³-hybridized carbons (Fsp3) is 0.318. The number of hydrogen-bond donors (Lipinski definition) is 0. The summed E-state index contributed by atoms with van der Waals surface area (Å²) in [7, 11) is 3.95. The molecule has 0 N–H and O–H groups in total. The predicted molar refractivity (Wildman–Crippen MR) is 111 cm³/mol. The smallest absolute Gasteiger partial charge is 0.272 e. The van der Waals surface area contributed by atoms with Crippen LogP contribution < -0.4 is 4.90 Å². The van der Waals surface area contributed by atoms with Crippen molar-refractivity contribution >= 4 is 22.6 Å². The molecule has 2 aromatic heterocycles. The molecule has 4 rings (SSSR count). The third kappa shape index (κ3) is 3.82. The van der Waals surface area contributed by atoms with Gasteiger partial charge >= 0.3 is 0 Å². The molecule has 0 radical (unpaired) electrons. The van der Waals surface area contributed by atoms with Gasteiger partial charge in [0.05, 0.1) is 5.52 Å². The number of anilines is 1. The van der Waals surface area contributed by atoms with Crippen molar-refractivity contribution in [2.24, 2.45) is 0 Å². The largest absolute Gasteiger partial charge is 0.354 e. The molecule has 3 aromatic rings. The molecule has 1 saturated heterocycles. The number of fused-ring (bicyclic) bond motifs is 1. The number of rotatable bonds is 4. The molecule has 1 aromatic carbocycles. The summed E-state index contributed by atoms with van der Waals surface area (Å²) < 4.78 is 0. The van der Waals surface area contributed by atoms with Gasteiger partial charge in [0.2, 0.25) is 0 Å². The summed E-state index contributed by atoms with van der Waals surface area (Å²) in [5.74, 6) is 0.804. The molecular weight excluding hydrogens is 350 g/mol. The average Bonchev–Trinajstić information content (AvgIpc) is 2.74. The molecule has 3 heterocycles. The van der Waals surface area contributed by atoms with E-state index in [-0.39, 0.29) is 5.91 Å². The van der Waals surface area contributed by atoms with Gasteiger partial charge in [-0.2, -0.15) is 0 Å². The van der Waals surface area contributed by atoms with Crippen molar-refractivity contribution in [1.29, 1.82) is 0 Å². The minimum absolute atomic E-state index is 0.0723. The number of nitrogens with zero attached hydrogens (tertiary/aromatic N) is 5. The fourth-order valence-electron chi connectivity index (χ4n) is 3.58. The van der Waals surface area contributed by atoms with Crippen molar-refractivity contribution in [1.82, 2.24) is 19.8 Å². The van der Waals surface area contributed by atoms with Crippen molar-refractivity contribution in [2.75, 3.05) is 45.2 Å². The normalized spacial score (nSPS) is 15.0. The van der Waals surface area contributed by atoms with Crippen molar-refractivity contribution in [2.45, 2.75) is 6.54 Å². The Kier molecular flexibility index (Phi) is 5.21. The van der Waals surface area contributed by atoms with Gasteiger partial charge in [-0.25, -0.2) is 4.98 Å². The monoisotopic (exact) mass is 375 g/mol. The molecule has 0 bridgehead atoms. The molecule has 1 amide bonds. The van der Waals surface area contributed by atoms with E-state index in [1.807, 2.05) is 49.5 Å². The van der Waals surface area contributed by atoms with Gasteiger partial charge in [-0.3, -0.25) is 9.78 Å². The third-order valence-electron chi connectivity index (χ3n) is 5.27. The molecule has 28 heavy (non-hydrogen) atoms. The molecule has 0 saturated carbocycles. The zero-order chi connectivity index (χ0) is 19.5. The minimum atomic E-state index is -0.0723. The van der Waals surface area contributed by atoms with E-state index >= 15 is 0 Å². The average molecular weight is 375 g/mol. The van der Waals surface area contributed by atoms with E-state index in [1.54, 1.807) is 17.2 Å². The lowest BCUT2D eigenvalue weighted by molar-refractivity contribution is 0.0780. The SMILES string of the molecule is CN1CCN(c2cccc(C(=O)N(C)Cc3cccc4ncccc34)n2)CC1. The Bertz CT molecular complexity index is 976. The Balaban J connectivity index is 1.51. The van der Waals surface area contributed by atoms with Crippen LogP contribution in [0.1, 0.15) is 16.1 Å². The number of likely N-dealkylation sites (N-methyl/N-ethyl adjacent to an activating group) is 1. The molecule has 1 fully saturated rings. The van der Waals surface area contributed by atoms with E-state index < -0.39 is 0 Å². The maximum absolute atomic E-state index is 13.0. The highest BCUT2D eigenvalue weighted by Crippen LogP contribution is 2.19. The van der Waals surface area contributed by atoms with E-state index in [0.717, 1.165) is 48.5 Å². The van der Waals surface area contributed by atoms with Crippen molar-refractivity contribution in [3.05, 3.63) is 66.0 Å². The molecule has 144 valence electrons. The zero-order valence-corrected chi connectivity index (χ0v) is 16.4. The van der Waals surface area contributed by atoms with Crippen molar-refractivity contribution in [3.63, 3.8) is 0 Å². The molecule has 6 heteroatoms. The Morgan fingerprint density at radius 3 is 2.64 bits per heavy atom. The molecular formula is C22H25N5O. The fourth-order valence-corrected chi connectivity index (χ4v) is 3.58. The van der Waals surface area contributed by atoms with Crippen LogP contribution in [0.15, 0.2) is 54.7 Å². The second-order valence-corrected chi connectivity index (χ2v) is 7.32. The molecule has 0 spiro atoms. The predicted octanol–water partition coefficient (Wildman–Crippen LogP) is 2.65. The van der Waals surface area contributed by atoms with Crippen LogP contribution in [0.5, 0.6) is 0 Å². The maximum atomic E-state index is 13.0. The first-order valence-corrected chi connectivity index (χ1v) is 9.60.